The normalized spacial score (nSPS) is 16.1. The van der Waals surface area contributed by atoms with Crippen molar-refractivity contribution in [2.24, 2.45) is 18.8 Å². The third kappa shape index (κ3) is 2.87. The van der Waals surface area contributed by atoms with Gasteiger partial charge in [-0.3, -0.25) is 16.0 Å². The zero-order valence-corrected chi connectivity index (χ0v) is 12.8. The van der Waals surface area contributed by atoms with E-state index in [2.05, 4.69) is 47.8 Å². The van der Waals surface area contributed by atoms with Gasteiger partial charge in [-0.25, -0.2) is 0 Å². The topological polar surface area (TPSA) is 55.9 Å². The highest BCUT2D eigenvalue weighted by molar-refractivity contribution is 5.32. The number of aromatic nitrogens is 2. The van der Waals surface area contributed by atoms with Gasteiger partial charge in [-0.05, 0) is 42.4 Å². The standard InChI is InChI=1S/C17H24N4/c1-3-15-10-16(21(2)20-15)11-17(19-18)14-8-12-6-4-5-7-13(12)9-14/h4-7,10,14,17,19H,3,8-9,11,18H2,1-2H3. The first-order valence-electron chi connectivity index (χ1n) is 7.76. The molecule has 3 rings (SSSR count). The Hall–Kier alpha value is -1.65. The van der Waals surface area contributed by atoms with Crippen molar-refractivity contribution in [2.45, 2.75) is 38.6 Å². The summed E-state index contributed by atoms with van der Waals surface area (Å²) in [5.41, 5.74) is 8.40. The Morgan fingerprint density at radius 3 is 2.52 bits per heavy atom. The minimum Gasteiger partial charge on any atom is -0.272 e. The van der Waals surface area contributed by atoms with E-state index < -0.39 is 0 Å². The molecule has 4 heteroatoms. The number of hydrogen-bond acceptors (Lipinski definition) is 3. The molecular formula is C17H24N4. The predicted molar refractivity (Wildman–Crippen MR) is 84.7 cm³/mol. The Kier molecular flexibility index (Phi) is 4.08. The monoisotopic (exact) mass is 284 g/mol. The van der Waals surface area contributed by atoms with Gasteiger partial charge in [-0.15, -0.1) is 0 Å². The Labute approximate surface area is 126 Å². The molecular weight excluding hydrogens is 260 g/mol. The molecule has 2 aromatic rings. The number of nitrogens with one attached hydrogen (secondary N) is 1. The molecule has 1 aromatic heterocycles. The third-order valence-corrected chi connectivity index (χ3v) is 4.68. The molecule has 1 heterocycles. The molecule has 0 saturated heterocycles. The van der Waals surface area contributed by atoms with Crippen LogP contribution in [0.1, 0.15) is 29.4 Å². The van der Waals surface area contributed by atoms with Crippen LogP contribution in [0.25, 0.3) is 0 Å². The van der Waals surface area contributed by atoms with Crippen LogP contribution < -0.4 is 11.3 Å². The van der Waals surface area contributed by atoms with Gasteiger partial charge in [0.15, 0.2) is 0 Å². The Bertz CT molecular complexity index is 592. The first-order chi connectivity index (χ1) is 10.2. The summed E-state index contributed by atoms with van der Waals surface area (Å²) in [5, 5.41) is 4.53. The molecule has 4 nitrogen and oxygen atoms in total. The van der Waals surface area contributed by atoms with Crippen LogP contribution in [-0.4, -0.2) is 15.8 Å². The van der Waals surface area contributed by atoms with Crippen LogP contribution in [0, 0.1) is 5.92 Å². The summed E-state index contributed by atoms with van der Waals surface area (Å²) in [6.07, 6.45) is 4.13. The number of aryl methyl sites for hydroxylation is 2. The zero-order chi connectivity index (χ0) is 14.8. The summed E-state index contributed by atoms with van der Waals surface area (Å²) in [7, 11) is 2.02. The summed E-state index contributed by atoms with van der Waals surface area (Å²) in [6, 6.07) is 11.2. The number of fused-ring (bicyclic) bond motifs is 1. The lowest BCUT2D eigenvalue weighted by molar-refractivity contribution is 0.361. The van der Waals surface area contributed by atoms with Gasteiger partial charge in [0, 0.05) is 25.2 Å². The predicted octanol–water partition coefficient (Wildman–Crippen LogP) is 1.77. The molecule has 3 N–H and O–H groups in total. The van der Waals surface area contributed by atoms with Crippen molar-refractivity contribution in [3.63, 3.8) is 0 Å². The molecule has 1 atom stereocenters. The Balaban J connectivity index is 1.73. The van der Waals surface area contributed by atoms with Crippen LogP contribution >= 0.6 is 0 Å². The second-order valence-electron chi connectivity index (χ2n) is 6.02. The zero-order valence-electron chi connectivity index (χ0n) is 12.8. The molecule has 0 amide bonds. The van der Waals surface area contributed by atoms with E-state index in [1.54, 1.807) is 0 Å². The number of hydrazine groups is 1. The third-order valence-electron chi connectivity index (χ3n) is 4.68. The lowest BCUT2D eigenvalue weighted by Crippen LogP contribution is -2.43. The minimum atomic E-state index is 0.289. The van der Waals surface area contributed by atoms with Crippen LogP contribution in [-0.2, 0) is 32.7 Å². The molecule has 0 fully saturated rings. The maximum atomic E-state index is 5.85. The van der Waals surface area contributed by atoms with Gasteiger partial charge < -0.3 is 0 Å². The summed E-state index contributed by atoms with van der Waals surface area (Å²) in [4.78, 5) is 0. The SMILES string of the molecule is CCc1cc(CC(NN)C2Cc3ccccc3C2)n(C)n1. The van der Waals surface area contributed by atoms with Gasteiger partial charge in [0.25, 0.3) is 0 Å². The van der Waals surface area contributed by atoms with Crippen molar-refractivity contribution >= 4 is 0 Å². The average Bonchev–Trinajstić information content (AvgIpc) is 3.07. The van der Waals surface area contributed by atoms with E-state index >= 15 is 0 Å². The molecule has 0 aliphatic heterocycles. The molecule has 1 unspecified atom stereocenters. The second kappa shape index (κ2) is 6.00. The molecule has 1 aliphatic carbocycles. The van der Waals surface area contributed by atoms with Crippen LogP contribution in [0.5, 0.6) is 0 Å². The summed E-state index contributed by atoms with van der Waals surface area (Å²) in [6.45, 7) is 2.14. The van der Waals surface area contributed by atoms with Gasteiger partial charge in [0.1, 0.15) is 0 Å². The van der Waals surface area contributed by atoms with Gasteiger partial charge in [-0.1, -0.05) is 31.2 Å². The van der Waals surface area contributed by atoms with E-state index in [1.165, 1.54) is 16.8 Å². The van der Waals surface area contributed by atoms with Crippen molar-refractivity contribution in [3.05, 3.63) is 52.8 Å². The van der Waals surface area contributed by atoms with E-state index in [0.29, 0.717) is 5.92 Å². The van der Waals surface area contributed by atoms with Gasteiger partial charge in [0.05, 0.1) is 5.69 Å². The van der Waals surface area contributed by atoms with Crippen molar-refractivity contribution in [1.82, 2.24) is 15.2 Å². The van der Waals surface area contributed by atoms with Crippen molar-refractivity contribution in [3.8, 4) is 0 Å². The highest BCUT2D eigenvalue weighted by Crippen LogP contribution is 2.29. The van der Waals surface area contributed by atoms with Crippen molar-refractivity contribution in [1.29, 1.82) is 0 Å². The molecule has 0 radical (unpaired) electrons. The highest BCUT2D eigenvalue weighted by atomic mass is 15.3. The van der Waals surface area contributed by atoms with E-state index in [-0.39, 0.29) is 6.04 Å². The van der Waals surface area contributed by atoms with Crippen molar-refractivity contribution in [2.75, 3.05) is 0 Å². The molecule has 0 spiro atoms. The molecule has 0 saturated carbocycles. The number of rotatable bonds is 5. The molecule has 0 bridgehead atoms. The largest absolute Gasteiger partial charge is 0.272 e. The number of nitrogens with two attached hydrogens (primary N) is 1. The highest BCUT2D eigenvalue weighted by Gasteiger charge is 2.28. The molecule has 1 aliphatic rings. The number of benzene rings is 1. The first-order valence-corrected chi connectivity index (χ1v) is 7.76. The van der Waals surface area contributed by atoms with E-state index in [0.717, 1.165) is 31.4 Å². The van der Waals surface area contributed by atoms with E-state index in [1.807, 2.05) is 11.7 Å². The van der Waals surface area contributed by atoms with Gasteiger partial charge in [0.2, 0.25) is 0 Å². The summed E-state index contributed by atoms with van der Waals surface area (Å²) < 4.78 is 1.99. The second-order valence-corrected chi connectivity index (χ2v) is 6.02. The lowest BCUT2D eigenvalue weighted by atomic mass is 9.93. The van der Waals surface area contributed by atoms with Crippen molar-refractivity contribution < 1.29 is 0 Å². The smallest absolute Gasteiger partial charge is 0.0624 e. The molecule has 1 aromatic carbocycles. The fourth-order valence-electron chi connectivity index (χ4n) is 3.40. The summed E-state index contributed by atoms with van der Waals surface area (Å²) >= 11 is 0. The Morgan fingerprint density at radius 1 is 1.33 bits per heavy atom. The minimum absolute atomic E-state index is 0.289. The first kappa shape index (κ1) is 14.3. The van der Waals surface area contributed by atoms with E-state index in [4.69, 9.17) is 5.84 Å². The fraction of sp³-hybridized carbons (Fsp3) is 0.471. The van der Waals surface area contributed by atoms with Crippen LogP contribution in [0.3, 0.4) is 0 Å². The molecule has 112 valence electrons. The maximum Gasteiger partial charge on any atom is 0.0624 e. The lowest BCUT2D eigenvalue weighted by Gasteiger charge is -2.22. The van der Waals surface area contributed by atoms with Crippen LogP contribution in [0.2, 0.25) is 0 Å². The number of nitrogens with zero attached hydrogens (tertiary/aromatic N) is 2. The quantitative estimate of drug-likeness (QED) is 0.650. The maximum absolute atomic E-state index is 5.85. The van der Waals surface area contributed by atoms with Crippen LogP contribution in [0.4, 0.5) is 0 Å². The fourth-order valence-corrected chi connectivity index (χ4v) is 3.40. The summed E-state index contributed by atoms with van der Waals surface area (Å²) in [5.74, 6) is 6.41. The van der Waals surface area contributed by atoms with Crippen LogP contribution in [0.15, 0.2) is 30.3 Å². The Morgan fingerprint density at radius 2 is 2.00 bits per heavy atom. The molecule has 21 heavy (non-hydrogen) atoms. The average molecular weight is 284 g/mol. The van der Waals surface area contributed by atoms with Gasteiger partial charge in [-0.2, -0.15) is 5.10 Å². The van der Waals surface area contributed by atoms with E-state index in [9.17, 15) is 0 Å². The number of hydrogen-bond donors (Lipinski definition) is 2. The van der Waals surface area contributed by atoms with Gasteiger partial charge >= 0.3 is 0 Å².